The van der Waals surface area contributed by atoms with Crippen LogP contribution >= 0.6 is 15.9 Å². The number of amides is 2. The Balaban J connectivity index is 1.69. The van der Waals surface area contributed by atoms with Crippen LogP contribution in [0.25, 0.3) is 0 Å². The highest BCUT2D eigenvalue weighted by molar-refractivity contribution is 9.10. The third-order valence-corrected chi connectivity index (χ3v) is 6.57. The zero-order valence-corrected chi connectivity index (χ0v) is 20.3. The van der Waals surface area contributed by atoms with Gasteiger partial charge in [-0.25, -0.2) is 9.59 Å². The summed E-state index contributed by atoms with van der Waals surface area (Å²) in [5, 5.41) is 2.73. The first kappa shape index (κ1) is 23.5. The summed E-state index contributed by atoms with van der Waals surface area (Å²) in [6.07, 6.45) is 3.50. The van der Waals surface area contributed by atoms with Crippen molar-refractivity contribution in [2.75, 3.05) is 26.1 Å². The number of nitrogens with zero attached hydrogens (tertiary/aromatic N) is 1. The van der Waals surface area contributed by atoms with E-state index in [2.05, 4.69) is 21.2 Å². The number of piperidine rings is 1. The molecule has 0 spiro atoms. The summed E-state index contributed by atoms with van der Waals surface area (Å²) in [6.45, 7) is 5.69. The van der Waals surface area contributed by atoms with E-state index in [4.69, 9.17) is 18.9 Å². The van der Waals surface area contributed by atoms with Gasteiger partial charge in [0, 0.05) is 6.04 Å². The minimum atomic E-state index is -0.597. The van der Waals surface area contributed by atoms with Gasteiger partial charge in [0.1, 0.15) is 12.2 Å². The van der Waals surface area contributed by atoms with Crippen molar-refractivity contribution in [3.63, 3.8) is 0 Å². The molecular weight excluding hydrogens is 468 g/mol. The Hall–Kier alpha value is -2.16. The van der Waals surface area contributed by atoms with E-state index in [-0.39, 0.29) is 18.7 Å². The lowest BCUT2D eigenvalue weighted by atomic mass is 9.89. The Morgan fingerprint density at radius 2 is 1.94 bits per heavy atom. The zero-order chi connectivity index (χ0) is 22.8. The van der Waals surface area contributed by atoms with Gasteiger partial charge in [0.2, 0.25) is 0 Å². The Morgan fingerprint density at radius 3 is 2.58 bits per heavy atom. The molecule has 2 bridgehead atoms. The number of carbonyl (C=O) groups is 2. The maximum atomic E-state index is 12.9. The first-order valence-electron chi connectivity index (χ1n) is 10.5. The topological polar surface area (TPSA) is 86.3 Å². The van der Waals surface area contributed by atoms with Gasteiger partial charge in [-0.1, -0.05) is 0 Å². The molecule has 2 saturated heterocycles. The summed E-state index contributed by atoms with van der Waals surface area (Å²) < 4.78 is 22.4. The third kappa shape index (κ3) is 5.02. The molecule has 1 N–H and O–H groups in total. The van der Waals surface area contributed by atoms with Gasteiger partial charge in [0.05, 0.1) is 29.9 Å². The monoisotopic (exact) mass is 498 g/mol. The van der Waals surface area contributed by atoms with Crippen molar-refractivity contribution in [2.24, 2.45) is 0 Å². The van der Waals surface area contributed by atoms with Gasteiger partial charge in [0.25, 0.3) is 0 Å². The van der Waals surface area contributed by atoms with Crippen molar-refractivity contribution < 1.29 is 28.5 Å². The standard InChI is InChI=1S/C22H31BrN2O6/c1-21(2,3)31-20(27)25-14-7-6-11-22(25,12-10-14)13-30-19(26)24-15-8-9-16(28-4)18(29-5)17(15)23/h8-9,14H,6-7,10-13H2,1-5H3,(H,24,26). The number of fused-ring (bicyclic) bond motifs is 2. The molecule has 1 aromatic rings. The second-order valence-corrected chi connectivity index (χ2v) is 9.82. The van der Waals surface area contributed by atoms with Crippen molar-refractivity contribution in [1.29, 1.82) is 0 Å². The molecule has 0 aliphatic carbocycles. The number of halogens is 1. The number of anilines is 1. The Labute approximate surface area is 191 Å². The molecule has 0 saturated carbocycles. The summed E-state index contributed by atoms with van der Waals surface area (Å²) in [4.78, 5) is 27.3. The summed E-state index contributed by atoms with van der Waals surface area (Å²) in [7, 11) is 3.06. The first-order valence-corrected chi connectivity index (χ1v) is 11.3. The van der Waals surface area contributed by atoms with E-state index in [0.717, 1.165) is 32.1 Å². The van der Waals surface area contributed by atoms with Crippen LogP contribution in [0.4, 0.5) is 15.3 Å². The molecule has 0 radical (unpaired) electrons. The molecule has 2 aliphatic rings. The fourth-order valence-corrected chi connectivity index (χ4v) is 5.05. The predicted molar refractivity (Wildman–Crippen MR) is 120 cm³/mol. The molecule has 2 fully saturated rings. The third-order valence-electron chi connectivity index (χ3n) is 5.78. The van der Waals surface area contributed by atoms with E-state index >= 15 is 0 Å². The molecule has 2 aliphatic heterocycles. The number of ether oxygens (including phenoxy) is 4. The van der Waals surface area contributed by atoms with E-state index in [1.165, 1.54) is 7.11 Å². The van der Waals surface area contributed by atoms with E-state index in [1.807, 2.05) is 25.7 Å². The molecule has 2 amide bonds. The molecule has 9 heteroatoms. The molecule has 2 heterocycles. The van der Waals surface area contributed by atoms with Crippen molar-refractivity contribution in [2.45, 2.75) is 70.1 Å². The van der Waals surface area contributed by atoms with E-state index in [9.17, 15) is 9.59 Å². The number of carbonyl (C=O) groups excluding carboxylic acids is 2. The summed E-state index contributed by atoms with van der Waals surface area (Å²) in [5.41, 5.74) is -0.595. The van der Waals surface area contributed by atoms with Crippen LogP contribution < -0.4 is 14.8 Å². The molecule has 0 aromatic heterocycles. The first-order chi connectivity index (χ1) is 14.6. The quantitative estimate of drug-likeness (QED) is 0.589. The fraction of sp³-hybridized carbons (Fsp3) is 0.636. The van der Waals surface area contributed by atoms with Crippen molar-refractivity contribution >= 4 is 33.8 Å². The number of benzene rings is 1. The van der Waals surface area contributed by atoms with Crippen LogP contribution in [0.1, 0.15) is 52.9 Å². The van der Waals surface area contributed by atoms with E-state index < -0.39 is 17.2 Å². The normalized spacial score (nSPS) is 22.6. The van der Waals surface area contributed by atoms with Gasteiger partial charge in [-0.05, 0) is 80.9 Å². The Morgan fingerprint density at radius 1 is 1.19 bits per heavy atom. The zero-order valence-electron chi connectivity index (χ0n) is 18.7. The molecule has 8 nitrogen and oxygen atoms in total. The van der Waals surface area contributed by atoms with Crippen molar-refractivity contribution in [3.05, 3.63) is 16.6 Å². The second-order valence-electron chi connectivity index (χ2n) is 9.02. The van der Waals surface area contributed by atoms with Crippen LogP contribution in [0.5, 0.6) is 11.5 Å². The maximum Gasteiger partial charge on any atom is 0.411 e. The van der Waals surface area contributed by atoms with Crippen LogP contribution in [0, 0.1) is 0 Å². The van der Waals surface area contributed by atoms with Crippen LogP contribution in [0.3, 0.4) is 0 Å². The van der Waals surface area contributed by atoms with Gasteiger partial charge < -0.3 is 18.9 Å². The van der Waals surface area contributed by atoms with Crippen LogP contribution in [0.15, 0.2) is 16.6 Å². The molecular formula is C22H31BrN2O6. The molecule has 172 valence electrons. The largest absolute Gasteiger partial charge is 0.493 e. The highest BCUT2D eigenvalue weighted by Crippen LogP contribution is 2.45. The van der Waals surface area contributed by atoms with Gasteiger partial charge >= 0.3 is 12.2 Å². The molecule has 2 atom stereocenters. The molecule has 3 rings (SSSR count). The molecule has 1 aromatic carbocycles. The minimum absolute atomic E-state index is 0.124. The number of rotatable bonds is 5. The lowest BCUT2D eigenvalue weighted by Crippen LogP contribution is -2.57. The number of methoxy groups -OCH3 is 2. The maximum absolute atomic E-state index is 12.9. The fourth-order valence-electron chi connectivity index (χ4n) is 4.46. The number of hydrogen-bond acceptors (Lipinski definition) is 6. The van der Waals surface area contributed by atoms with Crippen LogP contribution in [0.2, 0.25) is 0 Å². The van der Waals surface area contributed by atoms with Gasteiger partial charge in [-0.15, -0.1) is 0 Å². The summed E-state index contributed by atoms with van der Waals surface area (Å²) >= 11 is 3.43. The van der Waals surface area contributed by atoms with Gasteiger partial charge in [0.15, 0.2) is 11.5 Å². The number of hydrogen-bond donors (Lipinski definition) is 1. The lowest BCUT2D eigenvalue weighted by Gasteiger charge is -2.44. The Kier molecular flexibility index (Phi) is 6.93. The van der Waals surface area contributed by atoms with E-state index in [1.54, 1.807) is 19.2 Å². The van der Waals surface area contributed by atoms with E-state index in [0.29, 0.717) is 21.7 Å². The predicted octanol–water partition coefficient (Wildman–Crippen LogP) is 5.34. The van der Waals surface area contributed by atoms with Crippen LogP contribution in [-0.2, 0) is 9.47 Å². The highest BCUT2D eigenvalue weighted by atomic mass is 79.9. The average Bonchev–Trinajstić information content (AvgIpc) is 2.92. The smallest absolute Gasteiger partial charge is 0.411 e. The Bertz CT molecular complexity index is 836. The number of nitrogens with one attached hydrogen (secondary N) is 1. The van der Waals surface area contributed by atoms with Gasteiger partial charge in [-0.2, -0.15) is 0 Å². The second kappa shape index (κ2) is 9.14. The SMILES string of the molecule is COc1ccc(NC(=O)OCC23CCCC(CC2)N3C(=O)OC(C)(C)C)c(Br)c1OC. The highest BCUT2D eigenvalue weighted by Gasteiger charge is 2.53. The lowest BCUT2D eigenvalue weighted by molar-refractivity contribution is -0.0313. The van der Waals surface area contributed by atoms with Crippen molar-refractivity contribution in [3.8, 4) is 11.5 Å². The summed E-state index contributed by atoms with van der Waals surface area (Å²) in [5.74, 6) is 1.01. The minimum Gasteiger partial charge on any atom is -0.493 e. The van der Waals surface area contributed by atoms with Crippen molar-refractivity contribution in [1.82, 2.24) is 4.90 Å². The van der Waals surface area contributed by atoms with Gasteiger partial charge in [-0.3, -0.25) is 10.2 Å². The molecule has 31 heavy (non-hydrogen) atoms. The molecule has 2 unspecified atom stereocenters. The summed E-state index contributed by atoms with van der Waals surface area (Å²) in [6, 6.07) is 3.53. The van der Waals surface area contributed by atoms with Crippen LogP contribution in [-0.4, -0.2) is 55.1 Å². The average molecular weight is 499 g/mol.